The molecule has 1 aromatic carbocycles. The molecule has 0 radical (unpaired) electrons. The number of halogens is 1. The van der Waals surface area contributed by atoms with Crippen molar-refractivity contribution < 1.29 is 9.90 Å². The predicted molar refractivity (Wildman–Crippen MR) is 74.6 cm³/mol. The smallest absolute Gasteiger partial charge is 0.251 e. The first-order chi connectivity index (χ1) is 8.58. The second kappa shape index (κ2) is 5.85. The number of aryl methyl sites for hydroxylation is 1. The normalized spacial score (nSPS) is 23.7. The number of aliphatic hydroxyl groups excluding tert-OH is 1. The van der Waals surface area contributed by atoms with Crippen LogP contribution in [0.2, 0.25) is 0 Å². The summed E-state index contributed by atoms with van der Waals surface area (Å²) in [5.41, 5.74) is 1.61. The molecule has 1 aliphatic rings. The largest absolute Gasteiger partial charge is 0.391 e. The predicted octanol–water partition coefficient (Wildman–Crippen LogP) is 2.79. The second-order valence-electron chi connectivity index (χ2n) is 4.89. The van der Waals surface area contributed by atoms with Gasteiger partial charge in [-0.1, -0.05) is 34.8 Å². The highest BCUT2D eigenvalue weighted by atomic mass is 79.9. The van der Waals surface area contributed by atoms with Crippen molar-refractivity contribution in [1.29, 1.82) is 0 Å². The van der Waals surface area contributed by atoms with Gasteiger partial charge in [-0.3, -0.25) is 4.79 Å². The van der Waals surface area contributed by atoms with Crippen LogP contribution >= 0.6 is 15.9 Å². The zero-order chi connectivity index (χ0) is 13.1. The third-order valence-corrected chi connectivity index (χ3v) is 3.98. The Morgan fingerprint density at radius 2 is 2.11 bits per heavy atom. The Hall–Kier alpha value is -0.870. The van der Waals surface area contributed by atoms with Crippen LogP contribution in [-0.4, -0.2) is 23.2 Å². The summed E-state index contributed by atoms with van der Waals surface area (Å²) in [7, 11) is 0. The maximum atomic E-state index is 12.2. The molecule has 1 fully saturated rings. The molecule has 0 bridgehead atoms. The van der Waals surface area contributed by atoms with E-state index in [1.165, 1.54) is 0 Å². The molecule has 98 valence electrons. The lowest BCUT2D eigenvalue weighted by atomic mass is 9.92. The molecular formula is C14H18BrNO2. The van der Waals surface area contributed by atoms with Gasteiger partial charge in [0.15, 0.2) is 0 Å². The Labute approximate surface area is 116 Å². The van der Waals surface area contributed by atoms with Crippen LogP contribution in [0.25, 0.3) is 0 Å². The van der Waals surface area contributed by atoms with E-state index < -0.39 is 6.10 Å². The number of hydrogen-bond acceptors (Lipinski definition) is 2. The zero-order valence-electron chi connectivity index (χ0n) is 10.4. The fraction of sp³-hybridized carbons (Fsp3) is 0.500. The van der Waals surface area contributed by atoms with Crippen molar-refractivity contribution in [2.75, 3.05) is 0 Å². The maximum Gasteiger partial charge on any atom is 0.251 e. The van der Waals surface area contributed by atoms with Gasteiger partial charge in [0, 0.05) is 10.0 Å². The summed E-state index contributed by atoms with van der Waals surface area (Å²) in [6.07, 6.45) is 3.35. The summed E-state index contributed by atoms with van der Waals surface area (Å²) in [6.45, 7) is 1.92. The van der Waals surface area contributed by atoms with Gasteiger partial charge in [-0.2, -0.15) is 0 Å². The van der Waals surface area contributed by atoms with E-state index in [-0.39, 0.29) is 11.9 Å². The monoisotopic (exact) mass is 311 g/mol. The van der Waals surface area contributed by atoms with Crippen LogP contribution in [0, 0.1) is 6.92 Å². The standard InChI is InChI=1S/C14H18BrNO2/c1-9-6-7-10(15)8-11(9)14(18)16-12-4-2-3-5-13(12)17/h6-8,12-13,17H,2-5H2,1H3,(H,16,18)/t12-,13-/m0/s1. The van der Waals surface area contributed by atoms with E-state index in [0.29, 0.717) is 5.56 Å². The van der Waals surface area contributed by atoms with Crippen LogP contribution in [0.1, 0.15) is 41.6 Å². The van der Waals surface area contributed by atoms with Gasteiger partial charge in [0.1, 0.15) is 0 Å². The van der Waals surface area contributed by atoms with Crippen LogP contribution in [0.4, 0.5) is 0 Å². The van der Waals surface area contributed by atoms with Crippen LogP contribution in [0.15, 0.2) is 22.7 Å². The molecule has 1 amide bonds. The molecule has 0 unspecified atom stereocenters. The summed E-state index contributed by atoms with van der Waals surface area (Å²) >= 11 is 3.37. The maximum absolute atomic E-state index is 12.2. The minimum Gasteiger partial charge on any atom is -0.391 e. The van der Waals surface area contributed by atoms with E-state index in [1.807, 2.05) is 25.1 Å². The highest BCUT2D eigenvalue weighted by Gasteiger charge is 2.25. The number of hydrogen-bond donors (Lipinski definition) is 2. The highest BCUT2D eigenvalue weighted by Crippen LogP contribution is 2.20. The number of carbonyl (C=O) groups is 1. The highest BCUT2D eigenvalue weighted by molar-refractivity contribution is 9.10. The molecule has 0 heterocycles. The summed E-state index contributed by atoms with van der Waals surface area (Å²) in [4.78, 5) is 12.2. The minimum absolute atomic E-state index is 0.0975. The summed E-state index contributed by atoms with van der Waals surface area (Å²) in [5, 5.41) is 12.8. The Balaban J connectivity index is 2.09. The van der Waals surface area contributed by atoms with Crippen molar-refractivity contribution in [3.8, 4) is 0 Å². The average Bonchev–Trinajstić information content (AvgIpc) is 2.35. The molecule has 1 aromatic rings. The lowest BCUT2D eigenvalue weighted by Crippen LogP contribution is -2.45. The third-order valence-electron chi connectivity index (χ3n) is 3.49. The van der Waals surface area contributed by atoms with Crippen LogP contribution in [0.5, 0.6) is 0 Å². The Morgan fingerprint density at radius 1 is 1.39 bits per heavy atom. The summed E-state index contributed by atoms with van der Waals surface area (Å²) in [6, 6.07) is 5.54. The van der Waals surface area contributed by atoms with E-state index in [2.05, 4.69) is 21.2 Å². The summed E-state index contributed by atoms with van der Waals surface area (Å²) < 4.78 is 0.891. The zero-order valence-corrected chi connectivity index (χ0v) is 12.0. The molecule has 18 heavy (non-hydrogen) atoms. The molecule has 0 saturated heterocycles. The van der Waals surface area contributed by atoms with Crippen molar-refractivity contribution >= 4 is 21.8 Å². The number of carbonyl (C=O) groups excluding carboxylic acids is 1. The molecule has 0 aliphatic heterocycles. The number of rotatable bonds is 2. The van der Waals surface area contributed by atoms with Crippen molar-refractivity contribution in [3.63, 3.8) is 0 Å². The first kappa shape index (κ1) is 13.6. The average molecular weight is 312 g/mol. The Kier molecular flexibility index (Phi) is 4.40. The van der Waals surface area contributed by atoms with Crippen LogP contribution < -0.4 is 5.32 Å². The Morgan fingerprint density at radius 3 is 2.83 bits per heavy atom. The summed E-state index contributed by atoms with van der Waals surface area (Å²) in [5.74, 6) is -0.0975. The fourth-order valence-electron chi connectivity index (χ4n) is 2.36. The molecule has 0 spiro atoms. The minimum atomic E-state index is -0.407. The van der Waals surface area contributed by atoms with Crippen LogP contribution in [-0.2, 0) is 0 Å². The van der Waals surface area contributed by atoms with Crippen molar-refractivity contribution in [1.82, 2.24) is 5.32 Å². The lowest BCUT2D eigenvalue weighted by molar-refractivity contribution is 0.0717. The van der Waals surface area contributed by atoms with E-state index in [0.717, 1.165) is 35.7 Å². The molecular weight excluding hydrogens is 294 g/mol. The number of aliphatic hydroxyl groups is 1. The van der Waals surface area contributed by atoms with E-state index >= 15 is 0 Å². The van der Waals surface area contributed by atoms with Crippen molar-refractivity contribution in [2.24, 2.45) is 0 Å². The van der Waals surface area contributed by atoms with Crippen molar-refractivity contribution in [2.45, 2.75) is 44.8 Å². The first-order valence-corrected chi connectivity index (χ1v) is 7.12. The number of benzene rings is 1. The van der Waals surface area contributed by atoms with E-state index in [9.17, 15) is 9.90 Å². The first-order valence-electron chi connectivity index (χ1n) is 6.33. The van der Waals surface area contributed by atoms with Gasteiger partial charge in [-0.15, -0.1) is 0 Å². The van der Waals surface area contributed by atoms with Gasteiger partial charge in [0.05, 0.1) is 12.1 Å². The van der Waals surface area contributed by atoms with Gasteiger partial charge in [-0.05, 0) is 37.5 Å². The molecule has 1 aliphatic carbocycles. The lowest BCUT2D eigenvalue weighted by Gasteiger charge is -2.28. The molecule has 3 nitrogen and oxygen atoms in total. The topological polar surface area (TPSA) is 49.3 Å². The molecule has 4 heteroatoms. The van der Waals surface area contributed by atoms with Gasteiger partial charge in [0.25, 0.3) is 5.91 Å². The SMILES string of the molecule is Cc1ccc(Br)cc1C(=O)N[C@H]1CCCC[C@@H]1O. The quantitative estimate of drug-likeness (QED) is 0.882. The van der Waals surface area contributed by atoms with Gasteiger partial charge in [-0.25, -0.2) is 0 Å². The van der Waals surface area contributed by atoms with Gasteiger partial charge in [0.2, 0.25) is 0 Å². The number of amides is 1. The van der Waals surface area contributed by atoms with Gasteiger partial charge >= 0.3 is 0 Å². The van der Waals surface area contributed by atoms with Gasteiger partial charge < -0.3 is 10.4 Å². The Bertz CT molecular complexity index is 447. The fourth-order valence-corrected chi connectivity index (χ4v) is 2.73. The second-order valence-corrected chi connectivity index (χ2v) is 5.81. The van der Waals surface area contributed by atoms with E-state index in [1.54, 1.807) is 0 Å². The van der Waals surface area contributed by atoms with Crippen LogP contribution in [0.3, 0.4) is 0 Å². The number of nitrogens with one attached hydrogen (secondary N) is 1. The molecule has 1 saturated carbocycles. The molecule has 2 N–H and O–H groups in total. The molecule has 0 aromatic heterocycles. The third kappa shape index (κ3) is 3.12. The van der Waals surface area contributed by atoms with E-state index in [4.69, 9.17) is 0 Å². The van der Waals surface area contributed by atoms with Crippen molar-refractivity contribution in [3.05, 3.63) is 33.8 Å². The molecule has 2 atom stereocenters. The molecule has 2 rings (SSSR count).